The molecule has 0 spiro atoms. The molecule has 4 nitrogen and oxygen atoms in total. The van der Waals surface area contributed by atoms with Gasteiger partial charge in [0.15, 0.2) is 0 Å². The van der Waals surface area contributed by atoms with Crippen molar-refractivity contribution in [2.45, 2.75) is 57.3 Å². The van der Waals surface area contributed by atoms with Gasteiger partial charge in [-0.2, -0.15) is 0 Å². The molecule has 0 saturated carbocycles. The number of sulfonamides is 1. The maximum absolute atomic E-state index is 13.6. The van der Waals surface area contributed by atoms with E-state index in [1.807, 2.05) is 0 Å². The summed E-state index contributed by atoms with van der Waals surface area (Å²) in [5, 5.41) is 0. The average molecular weight is 316 g/mol. The summed E-state index contributed by atoms with van der Waals surface area (Å²) in [5.41, 5.74) is 5.72. The molecule has 3 N–H and O–H groups in total. The highest BCUT2D eigenvalue weighted by molar-refractivity contribution is 7.89. The number of hydrogen-bond acceptors (Lipinski definition) is 3. The number of nitrogens with two attached hydrogens (primary N) is 1. The predicted molar refractivity (Wildman–Crippen MR) is 84.1 cm³/mol. The molecule has 0 fully saturated rings. The maximum atomic E-state index is 13.6. The fourth-order valence-corrected chi connectivity index (χ4v) is 3.50. The van der Waals surface area contributed by atoms with Crippen molar-refractivity contribution in [1.82, 2.24) is 4.72 Å². The summed E-state index contributed by atoms with van der Waals surface area (Å²) in [6.45, 7) is 3.96. The van der Waals surface area contributed by atoms with E-state index in [1.54, 1.807) is 0 Å². The van der Waals surface area contributed by atoms with Gasteiger partial charge in [0, 0.05) is 17.8 Å². The predicted octanol–water partition coefficient (Wildman–Crippen LogP) is 3.36. The van der Waals surface area contributed by atoms with Gasteiger partial charge >= 0.3 is 0 Å². The highest BCUT2D eigenvalue weighted by atomic mass is 32.2. The maximum Gasteiger partial charge on any atom is 0.241 e. The third-order valence-electron chi connectivity index (χ3n) is 3.43. The van der Waals surface area contributed by atoms with Crippen molar-refractivity contribution in [1.29, 1.82) is 0 Å². The zero-order valence-corrected chi connectivity index (χ0v) is 13.6. The van der Waals surface area contributed by atoms with Gasteiger partial charge in [0.1, 0.15) is 5.82 Å². The lowest BCUT2D eigenvalue weighted by Crippen LogP contribution is -2.26. The number of halogens is 1. The smallest absolute Gasteiger partial charge is 0.241 e. The number of anilines is 1. The molecule has 1 aromatic rings. The highest BCUT2D eigenvalue weighted by Gasteiger charge is 2.19. The number of hydrogen-bond donors (Lipinski definition) is 2. The second-order valence-corrected chi connectivity index (χ2v) is 7.03. The zero-order chi connectivity index (χ0) is 15.9. The third kappa shape index (κ3) is 5.63. The van der Waals surface area contributed by atoms with Crippen molar-refractivity contribution in [3.63, 3.8) is 0 Å². The lowest BCUT2D eigenvalue weighted by molar-refractivity contribution is 0.563. The standard InChI is InChI=1S/C15H25FN2O2S/c1-3-4-5-6-7-8-9-18-21(19,20)15-11-13(17)10-14(16)12(15)2/h10-11,18H,3-9,17H2,1-2H3. The first kappa shape index (κ1) is 17.9. The van der Waals surface area contributed by atoms with Gasteiger partial charge in [-0.05, 0) is 25.5 Å². The highest BCUT2D eigenvalue weighted by Crippen LogP contribution is 2.21. The van der Waals surface area contributed by atoms with E-state index in [1.165, 1.54) is 32.3 Å². The molecule has 0 bridgehead atoms. The Morgan fingerprint density at radius 2 is 1.76 bits per heavy atom. The van der Waals surface area contributed by atoms with Gasteiger partial charge < -0.3 is 5.73 Å². The molecule has 6 heteroatoms. The van der Waals surface area contributed by atoms with E-state index < -0.39 is 15.8 Å². The van der Waals surface area contributed by atoms with E-state index in [0.717, 1.165) is 25.3 Å². The number of benzene rings is 1. The molecule has 0 atom stereocenters. The van der Waals surface area contributed by atoms with Crippen LogP contribution in [0.15, 0.2) is 17.0 Å². The average Bonchev–Trinajstić information content (AvgIpc) is 2.41. The molecule has 0 radical (unpaired) electrons. The summed E-state index contributed by atoms with van der Waals surface area (Å²) < 4.78 is 40.4. The second-order valence-electron chi connectivity index (χ2n) is 5.29. The molecule has 0 amide bonds. The number of nitrogen functional groups attached to an aromatic ring is 1. The molecule has 0 heterocycles. The van der Waals surface area contributed by atoms with Crippen molar-refractivity contribution < 1.29 is 12.8 Å². The monoisotopic (exact) mass is 316 g/mol. The number of rotatable bonds is 9. The van der Waals surface area contributed by atoms with Gasteiger partial charge in [0.05, 0.1) is 4.90 Å². The molecule has 0 aromatic heterocycles. The Hall–Kier alpha value is -1.14. The minimum atomic E-state index is -3.70. The van der Waals surface area contributed by atoms with Crippen LogP contribution in [0.4, 0.5) is 10.1 Å². The molecule has 1 aromatic carbocycles. The molecule has 1 rings (SSSR count). The molecule has 0 aliphatic heterocycles. The summed E-state index contributed by atoms with van der Waals surface area (Å²) in [5.74, 6) is -0.602. The number of nitrogens with one attached hydrogen (secondary N) is 1. The van der Waals surface area contributed by atoms with Crippen LogP contribution in [0.25, 0.3) is 0 Å². The number of unbranched alkanes of at least 4 members (excludes halogenated alkanes) is 5. The van der Waals surface area contributed by atoms with Crippen LogP contribution < -0.4 is 10.5 Å². The van der Waals surface area contributed by atoms with Crippen molar-refractivity contribution in [2.24, 2.45) is 0 Å². The van der Waals surface area contributed by atoms with Gasteiger partial charge in [0.2, 0.25) is 10.0 Å². The van der Waals surface area contributed by atoms with E-state index in [2.05, 4.69) is 11.6 Å². The van der Waals surface area contributed by atoms with E-state index >= 15 is 0 Å². The van der Waals surface area contributed by atoms with Gasteiger partial charge in [-0.3, -0.25) is 0 Å². The van der Waals surface area contributed by atoms with Crippen LogP contribution in [0, 0.1) is 12.7 Å². The van der Waals surface area contributed by atoms with E-state index in [0.29, 0.717) is 6.54 Å². The normalized spacial score (nSPS) is 11.8. The summed E-state index contributed by atoms with van der Waals surface area (Å²) in [6.07, 6.45) is 6.48. The SMILES string of the molecule is CCCCCCCCNS(=O)(=O)c1cc(N)cc(F)c1C. The molecule has 0 unspecified atom stereocenters. The third-order valence-corrected chi connectivity index (χ3v) is 5.02. The Morgan fingerprint density at radius 3 is 2.43 bits per heavy atom. The Bertz CT molecular complexity index is 559. The van der Waals surface area contributed by atoms with E-state index in [4.69, 9.17) is 5.73 Å². The molecular formula is C15H25FN2O2S. The Kier molecular flexibility index (Phi) is 7.11. The van der Waals surface area contributed by atoms with Gasteiger partial charge in [-0.1, -0.05) is 39.0 Å². The van der Waals surface area contributed by atoms with Gasteiger partial charge in [-0.15, -0.1) is 0 Å². The quantitative estimate of drug-likeness (QED) is 0.542. The molecule has 120 valence electrons. The van der Waals surface area contributed by atoms with Crippen LogP contribution in [0.1, 0.15) is 51.0 Å². The van der Waals surface area contributed by atoms with E-state index in [-0.39, 0.29) is 16.1 Å². The van der Waals surface area contributed by atoms with Crippen molar-refractivity contribution in [3.05, 3.63) is 23.5 Å². The first-order valence-corrected chi connectivity index (χ1v) is 8.92. The van der Waals surface area contributed by atoms with Crippen molar-refractivity contribution in [3.8, 4) is 0 Å². The Labute approximate surface area is 127 Å². The lowest BCUT2D eigenvalue weighted by atomic mass is 10.1. The second kappa shape index (κ2) is 8.34. The fraction of sp³-hybridized carbons (Fsp3) is 0.600. The summed E-state index contributed by atoms with van der Waals surface area (Å²) in [6, 6.07) is 2.42. The summed E-state index contributed by atoms with van der Waals surface area (Å²) in [7, 11) is -3.70. The summed E-state index contributed by atoms with van der Waals surface area (Å²) in [4.78, 5) is -0.0778. The van der Waals surface area contributed by atoms with Crippen LogP contribution in [-0.4, -0.2) is 15.0 Å². The fourth-order valence-electron chi connectivity index (χ4n) is 2.14. The minimum Gasteiger partial charge on any atom is -0.399 e. The Morgan fingerprint density at radius 1 is 1.14 bits per heavy atom. The van der Waals surface area contributed by atoms with Gasteiger partial charge in [-0.25, -0.2) is 17.5 Å². The minimum absolute atomic E-state index is 0.0778. The lowest BCUT2D eigenvalue weighted by Gasteiger charge is -2.11. The largest absolute Gasteiger partial charge is 0.399 e. The molecule has 0 aliphatic rings. The molecule has 21 heavy (non-hydrogen) atoms. The molecule has 0 saturated heterocycles. The van der Waals surface area contributed by atoms with Crippen LogP contribution in [0.5, 0.6) is 0 Å². The zero-order valence-electron chi connectivity index (χ0n) is 12.8. The first-order valence-electron chi connectivity index (χ1n) is 7.43. The van der Waals surface area contributed by atoms with Crippen LogP contribution in [0.3, 0.4) is 0 Å². The topological polar surface area (TPSA) is 72.2 Å². The van der Waals surface area contributed by atoms with Crippen molar-refractivity contribution >= 4 is 15.7 Å². The van der Waals surface area contributed by atoms with Crippen LogP contribution >= 0.6 is 0 Å². The van der Waals surface area contributed by atoms with Crippen LogP contribution in [0.2, 0.25) is 0 Å². The Balaban J connectivity index is 2.55. The molecular weight excluding hydrogens is 291 g/mol. The van der Waals surface area contributed by atoms with Gasteiger partial charge in [0.25, 0.3) is 0 Å². The van der Waals surface area contributed by atoms with Crippen molar-refractivity contribution in [2.75, 3.05) is 12.3 Å². The molecule has 0 aliphatic carbocycles. The van der Waals surface area contributed by atoms with E-state index in [9.17, 15) is 12.8 Å². The summed E-state index contributed by atoms with van der Waals surface area (Å²) >= 11 is 0. The first-order chi connectivity index (χ1) is 9.88. The van der Waals surface area contributed by atoms with Crippen LogP contribution in [-0.2, 0) is 10.0 Å².